The molecule has 0 fully saturated rings. The van der Waals surface area contributed by atoms with E-state index in [9.17, 15) is 0 Å². The van der Waals surface area contributed by atoms with Crippen molar-refractivity contribution >= 4 is 27.3 Å². The summed E-state index contributed by atoms with van der Waals surface area (Å²) in [5.41, 5.74) is 3.43. The van der Waals surface area contributed by atoms with E-state index in [2.05, 4.69) is 54.9 Å². The zero-order valence-corrected chi connectivity index (χ0v) is 11.6. The quantitative estimate of drug-likeness (QED) is 0.758. The zero-order chi connectivity index (χ0) is 12.5. The average molecular weight is 305 g/mol. The minimum Gasteiger partial charge on any atom is -0.355 e. The summed E-state index contributed by atoms with van der Waals surface area (Å²) in [7, 11) is 2.08. The smallest absolute Gasteiger partial charge is 0.106 e. The van der Waals surface area contributed by atoms with Gasteiger partial charge in [0.1, 0.15) is 4.60 Å². The lowest BCUT2D eigenvalue weighted by Crippen LogP contribution is -2.40. The van der Waals surface area contributed by atoms with Crippen molar-refractivity contribution in [3.8, 4) is 0 Å². The van der Waals surface area contributed by atoms with Gasteiger partial charge in [-0.1, -0.05) is 0 Å². The molecule has 0 unspecified atom stereocenters. The molecule has 0 radical (unpaired) electrons. The zero-order valence-electron chi connectivity index (χ0n) is 10.0. The van der Waals surface area contributed by atoms with Gasteiger partial charge in [-0.2, -0.15) is 0 Å². The van der Waals surface area contributed by atoms with Crippen molar-refractivity contribution < 1.29 is 0 Å². The Morgan fingerprint density at radius 2 is 2.11 bits per heavy atom. The molecule has 1 aliphatic rings. The molecule has 0 saturated carbocycles. The summed E-state index contributed by atoms with van der Waals surface area (Å²) in [5, 5.41) is 0. The summed E-state index contributed by atoms with van der Waals surface area (Å²) >= 11 is 3.35. The van der Waals surface area contributed by atoms with Crippen LogP contribution in [0.3, 0.4) is 0 Å². The molecule has 0 bridgehead atoms. The third kappa shape index (κ3) is 2.06. The minimum atomic E-state index is 0.823. The molecular formula is C13H13BrN4. The van der Waals surface area contributed by atoms with Crippen LogP contribution in [-0.4, -0.2) is 23.7 Å². The fraction of sp³-hybridized carbons (Fsp3) is 0.231. The first-order valence-electron chi connectivity index (χ1n) is 5.75. The lowest BCUT2D eigenvalue weighted by molar-refractivity contribution is 0.713. The predicted octanol–water partition coefficient (Wildman–Crippen LogP) is 2.65. The molecular weight excluding hydrogens is 292 g/mol. The van der Waals surface area contributed by atoms with Crippen molar-refractivity contribution in [2.24, 2.45) is 0 Å². The van der Waals surface area contributed by atoms with Gasteiger partial charge in [0.25, 0.3) is 0 Å². The van der Waals surface area contributed by atoms with Crippen LogP contribution in [0.25, 0.3) is 0 Å². The maximum atomic E-state index is 4.45. The van der Waals surface area contributed by atoms with Crippen molar-refractivity contribution in [1.82, 2.24) is 9.97 Å². The molecule has 18 heavy (non-hydrogen) atoms. The molecule has 1 aliphatic heterocycles. The molecule has 2 aromatic rings. The lowest BCUT2D eigenvalue weighted by Gasteiger charge is -2.36. The number of hydrogen-bond donors (Lipinski definition) is 0. The Kier molecular flexibility index (Phi) is 2.91. The molecule has 0 saturated heterocycles. The van der Waals surface area contributed by atoms with Crippen LogP contribution in [0.4, 0.5) is 11.4 Å². The Bertz CT molecular complexity index is 555. The van der Waals surface area contributed by atoms with E-state index in [1.165, 1.54) is 5.69 Å². The van der Waals surface area contributed by atoms with Gasteiger partial charge in [0, 0.05) is 13.2 Å². The molecule has 2 aromatic heterocycles. The highest BCUT2D eigenvalue weighted by Crippen LogP contribution is 2.27. The van der Waals surface area contributed by atoms with Crippen LogP contribution >= 0.6 is 15.9 Å². The van der Waals surface area contributed by atoms with Gasteiger partial charge in [-0.25, -0.2) is 4.98 Å². The molecule has 0 atom stereocenters. The highest BCUT2D eigenvalue weighted by molar-refractivity contribution is 9.10. The van der Waals surface area contributed by atoms with Gasteiger partial charge in [0.2, 0.25) is 0 Å². The normalized spacial score (nSPS) is 14.6. The topological polar surface area (TPSA) is 32.3 Å². The highest BCUT2D eigenvalue weighted by atomic mass is 79.9. The van der Waals surface area contributed by atoms with Crippen molar-refractivity contribution in [2.45, 2.75) is 6.54 Å². The van der Waals surface area contributed by atoms with Crippen molar-refractivity contribution in [3.05, 3.63) is 47.0 Å². The molecule has 0 amide bonds. The van der Waals surface area contributed by atoms with Crippen molar-refractivity contribution in [2.75, 3.05) is 23.5 Å². The van der Waals surface area contributed by atoms with Gasteiger partial charge < -0.3 is 9.80 Å². The molecule has 4 nitrogen and oxygen atoms in total. The number of halogens is 1. The van der Waals surface area contributed by atoms with E-state index in [0.29, 0.717) is 0 Å². The first-order chi connectivity index (χ1) is 8.74. The van der Waals surface area contributed by atoms with Gasteiger partial charge in [0.05, 0.1) is 36.5 Å². The molecule has 0 spiro atoms. The fourth-order valence-electron chi connectivity index (χ4n) is 2.19. The van der Waals surface area contributed by atoms with Crippen LogP contribution < -0.4 is 9.80 Å². The van der Waals surface area contributed by atoms with Crippen LogP contribution in [0.15, 0.2) is 41.3 Å². The fourth-order valence-corrected chi connectivity index (χ4v) is 2.42. The molecule has 3 rings (SSSR count). The standard InChI is InChI=1S/C13H13BrN4/c1-17-9-18(10-4-5-13(14)16-7-10)8-11-12(17)3-2-6-15-11/h2-7H,8-9H2,1H3. The van der Waals surface area contributed by atoms with Gasteiger partial charge in [-0.15, -0.1) is 0 Å². The SMILES string of the molecule is CN1CN(c2ccc(Br)nc2)Cc2ncccc21. The monoisotopic (exact) mass is 304 g/mol. The summed E-state index contributed by atoms with van der Waals surface area (Å²) in [6.45, 7) is 1.67. The molecule has 0 aliphatic carbocycles. The Morgan fingerprint density at radius 3 is 2.89 bits per heavy atom. The summed E-state index contributed by atoms with van der Waals surface area (Å²) in [6, 6.07) is 8.12. The Hall–Kier alpha value is -1.62. The first kappa shape index (κ1) is 11.5. The summed E-state index contributed by atoms with van der Waals surface area (Å²) in [4.78, 5) is 13.2. The Labute approximate surface area is 114 Å². The van der Waals surface area contributed by atoms with E-state index in [-0.39, 0.29) is 0 Å². The molecule has 3 heterocycles. The second kappa shape index (κ2) is 4.57. The van der Waals surface area contributed by atoms with Crippen LogP contribution in [-0.2, 0) is 6.54 Å². The maximum Gasteiger partial charge on any atom is 0.106 e. The third-order valence-corrected chi connectivity index (χ3v) is 3.55. The van der Waals surface area contributed by atoms with Crippen molar-refractivity contribution in [3.63, 3.8) is 0 Å². The highest BCUT2D eigenvalue weighted by Gasteiger charge is 2.20. The maximum absolute atomic E-state index is 4.45. The van der Waals surface area contributed by atoms with E-state index >= 15 is 0 Å². The summed E-state index contributed by atoms with van der Waals surface area (Å²) in [5.74, 6) is 0. The third-order valence-electron chi connectivity index (χ3n) is 3.08. The van der Waals surface area contributed by atoms with E-state index in [1.807, 2.05) is 24.5 Å². The van der Waals surface area contributed by atoms with Crippen LogP contribution in [0.5, 0.6) is 0 Å². The Morgan fingerprint density at radius 1 is 1.22 bits per heavy atom. The second-order valence-electron chi connectivity index (χ2n) is 4.35. The first-order valence-corrected chi connectivity index (χ1v) is 6.55. The van der Waals surface area contributed by atoms with Gasteiger partial charge >= 0.3 is 0 Å². The number of pyridine rings is 2. The lowest BCUT2D eigenvalue weighted by atomic mass is 10.2. The molecule has 5 heteroatoms. The number of nitrogens with zero attached hydrogens (tertiary/aromatic N) is 4. The van der Waals surface area contributed by atoms with E-state index in [4.69, 9.17) is 0 Å². The molecule has 0 aromatic carbocycles. The van der Waals surface area contributed by atoms with E-state index in [1.54, 1.807) is 0 Å². The minimum absolute atomic E-state index is 0.823. The Balaban J connectivity index is 1.92. The van der Waals surface area contributed by atoms with Gasteiger partial charge in [-0.3, -0.25) is 4.98 Å². The predicted molar refractivity (Wildman–Crippen MR) is 75.6 cm³/mol. The number of aromatic nitrogens is 2. The number of hydrogen-bond acceptors (Lipinski definition) is 4. The molecule has 0 N–H and O–H groups in total. The molecule has 92 valence electrons. The number of fused-ring (bicyclic) bond motifs is 1. The van der Waals surface area contributed by atoms with E-state index < -0.39 is 0 Å². The average Bonchev–Trinajstić information content (AvgIpc) is 2.39. The summed E-state index contributed by atoms with van der Waals surface area (Å²) < 4.78 is 0.857. The largest absolute Gasteiger partial charge is 0.355 e. The number of anilines is 2. The van der Waals surface area contributed by atoms with Crippen LogP contribution in [0, 0.1) is 0 Å². The summed E-state index contributed by atoms with van der Waals surface area (Å²) in [6.07, 6.45) is 3.72. The van der Waals surface area contributed by atoms with Gasteiger partial charge in [-0.05, 0) is 40.2 Å². The van der Waals surface area contributed by atoms with Crippen LogP contribution in [0.2, 0.25) is 0 Å². The van der Waals surface area contributed by atoms with E-state index in [0.717, 1.165) is 29.2 Å². The van der Waals surface area contributed by atoms with Gasteiger partial charge in [0.15, 0.2) is 0 Å². The van der Waals surface area contributed by atoms with Crippen molar-refractivity contribution in [1.29, 1.82) is 0 Å². The van der Waals surface area contributed by atoms with Crippen LogP contribution in [0.1, 0.15) is 5.69 Å². The second-order valence-corrected chi connectivity index (χ2v) is 5.16. The number of rotatable bonds is 1.